The summed E-state index contributed by atoms with van der Waals surface area (Å²) < 4.78 is 4.65. The third kappa shape index (κ3) is 6.33. The second-order valence-electron chi connectivity index (χ2n) is 4.52. The minimum absolute atomic E-state index is 0.0535. The van der Waals surface area contributed by atoms with E-state index in [0.717, 1.165) is 18.7 Å². The molecular formula is C15H22N2O3. The number of esters is 1. The monoisotopic (exact) mass is 278 g/mol. The van der Waals surface area contributed by atoms with Crippen molar-refractivity contribution in [3.05, 3.63) is 30.3 Å². The van der Waals surface area contributed by atoms with Crippen molar-refractivity contribution >= 4 is 17.6 Å². The van der Waals surface area contributed by atoms with Crippen LogP contribution in [0.15, 0.2) is 30.3 Å². The van der Waals surface area contributed by atoms with Crippen LogP contribution in [0.1, 0.15) is 19.8 Å². The third-order valence-corrected chi connectivity index (χ3v) is 2.83. The topological polar surface area (TPSA) is 58.6 Å². The van der Waals surface area contributed by atoms with Crippen LogP contribution in [0.5, 0.6) is 0 Å². The largest absolute Gasteiger partial charge is 0.468 e. The number of carbonyl (C=O) groups is 2. The van der Waals surface area contributed by atoms with Crippen molar-refractivity contribution in [2.75, 3.05) is 32.1 Å². The zero-order valence-corrected chi connectivity index (χ0v) is 12.1. The highest BCUT2D eigenvalue weighted by Crippen LogP contribution is 2.05. The van der Waals surface area contributed by atoms with Crippen LogP contribution in [0.2, 0.25) is 0 Å². The highest BCUT2D eigenvalue weighted by molar-refractivity contribution is 5.90. The highest BCUT2D eigenvalue weighted by atomic mass is 16.5. The fourth-order valence-electron chi connectivity index (χ4n) is 1.84. The molecule has 0 spiro atoms. The number of nitrogens with one attached hydrogen (secondary N) is 1. The van der Waals surface area contributed by atoms with Crippen molar-refractivity contribution in [3.63, 3.8) is 0 Å². The molecule has 20 heavy (non-hydrogen) atoms. The van der Waals surface area contributed by atoms with Crippen LogP contribution in [-0.2, 0) is 14.3 Å². The fraction of sp³-hybridized carbons (Fsp3) is 0.467. The molecule has 1 N–H and O–H groups in total. The number of nitrogens with zero attached hydrogens (tertiary/aromatic N) is 1. The van der Waals surface area contributed by atoms with Gasteiger partial charge in [-0.25, -0.2) is 0 Å². The van der Waals surface area contributed by atoms with E-state index in [2.05, 4.69) is 10.1 Å². The number of rotatable bonds is 8. The van der Waals surface area contributed by atoms with Crippen LogP contribution < -0.4 is 5.32 Å². The molecule has 0 heterocycles. The van der Waals surface area contributed by atoms with E-state index in [0.29, 0.717) is 13.0 Å². The SMILES string of the molecule is CCCN(CCC(=O)Nc1ccccc1)CC(=O)OC. The van der Waals surface area contributed by atoms with Gasteiger partial charge in [-0.1, -0.05) is 25.1 Å². The molecule has 0 saturated carbocycles. The van der Waals surface area contributed by atoms with Crippen molar-refractivity contribution in [2.45, 2.75) is 19.8 Å². The van der Waals surface area contributed by atoms with Gasteiger partial charge < -0.3 is 10.1 Å². The maximum absolute atomic E-state index is 11.8. The Bertz CT molecular complexity index is 420. The van der Waals surface area contributed by atoms with Crippen molar-refractivity contribution in [1.82, 2.24) is 4.90 Å². The van der Waals surface area contributed by atoms with Gasteiger partial charge in [-0.05, 0) is 25.1 Å². The Balaban J connectivity index is 2.38. The van der Waals surface area contributed by atoms with E-state index in [1.54, 1.807) is 0 Å². The molecule has 0 aromatic heterocycles. The molecular weight excluding hydrogens is 256 g/mol. The Morgan fingerprint density at radius 2 is 1.90 bits per heavy atom. The fourth-order valence-corrected chi connectivity index (χ4v) is 1.84. The van der Waals surface area contributed by atoms with Crippen molar-refractivity contribution in [2.24, 2.45) is 0 Å². The number of carbonyl (C=O) groups excluding carboxylic acids is 2. The molecule has 0 aliphatic rings. The molecule has 0 fully saturated rings. The number of anilines is 1. The van der Waals surface area contributed by atoms with Gasteiger partial charge >= 0.3 is 5.97 Å². The summed E-state index contributed by atoms with van der Waals surface area (Å²) in [6.45, 7) is 3.58. The van der Waals surface area contributed by atoms with Gasteiger partial charge in [0, 0.05) is 18.7 Å². The van der Waals surface area contributed by atoms with E-state index in [4.69, 9.17) is 0 Å². The molecule has 0 saturated heterocycles. The molecule has 5 nitrogen and oxygen atoms in total. The lowest BCUT2D eigenvalue weighted by Crippen LogP contribution is -2.33. The average molecular weight is 278 g/mol. The first-order valence-electron chi connectivity index (χ1n) is 6.79. The number of para-hydroxylation sites is 1. The summed E-state index contributed by atoms with van der Waals surface area (Å²) >= 11 is 0. The molecule has 1 aromatic carbocycles. The van der Waals surface area contributed by atoms with E-state index in [1.165, 1.54) is 7.11 Å². The number of amides is 1. The second-order valence-corrected chi connectivity index (χ2v) is 4.52. The zero-order valence-electron chi connectivity index (χ0n) is 12.1. The first kappa shape index (κ1) is 16.2. The molecule has 1 aromatic rings. The van der Waals surface area contributed by atoms with Gasteiger partial charge in [-0.15, -0.1) is 0 Å². The number of hydrogen-bond donors (Lipinski definition) is 1. The maximum atomic E-state index is 11.8. The summed E-state index contributed by atoms with van der Waals surface area (Å²) in [7, 11) is 1.37. The summed E-state index contributed by atoms with van der Waals surface area (Å²) in [4.78, 5) is 25.0. The summed E-state index contributed by atoms with van der Waals surface area (Å²) in [5.74, 6) is -0.330. The Morgan fingerprint density at radius 3 is 2.50 bits per heavy atom. The van der Waals surface area contributed by atoms with E-state index in [9.17, 15) is 9.59 Å². The molecule has 1 amide bonds. The molecule has 1 rings (SSSR count). The zero-order chi connectivity index (χ0) is 14.8. The van der Waals surface area contributed by atoms with E-state index in [-0.39, 0.29) is 18.4 Å². The van der Waals surface area contributed by atoms with E-state index in [1.807, 2.05) is 42.2 Å². The van der Waals surface area contributed by atoms with Gasteiger partial charge in [0.25, 0.3) is 0 Å². The molecule has 0 radical (unpaired) electrons. The Hall–Kier alpha value is -1.88. The summed E-state index contributed by atoms with van der Waals surface area (Å²) in [5, 5.41) is 2.82. The van der Waals surface area contributed by atoms with Gasteiger partial charge in [0.15, 0.2) is 0 Å². The van der Waals surface area contributed by atoms with Crippen LogP contribution >= 0.6 is 0 Å². The van der Waals surface area contributed by atoms with Crippen LogP contribution in [0, 0.1) is 0 Å². The first-order chi connectivity index (χ1) is 9.65. The molecule has 0 bridgehead atoms. The summed E-state index contributed by atoms with van der Waals surface area (Å²) in [5.41, 5.74) is 0.785. The lowest BCUT2D eigenvalue weighted by atomic mass is 10.3. The molecule has 0 aliphatic heterocycles. The Labute approximate surface area is 119 Å². The quantitative estimate of drug-likeness (QED) is 0.738. The summed E-state index contributed by atoms with van der Waals surface area (Å²) in [6, 6.07) is 9.33. The Morgan fingerprint density at radius 1 is 1.20 bits per heavy atom. The smallest absolute Gasteiger partial charge is 0.319 e. The van der Waals surface area contributed by atoms with E-state index >= 15 is 0 Å². The lowest BCUT2D eigenvalue weighted by molar-refractivity contribution is -0.142. The predicted molar refractivity (Wildman–Crippen MR) is 78.4 cm³/mol. The van der Waals surface area contributed by atoms with Crippen molar-refractivity contribution < 1.29 is 14.3 Å². The highest BCUT2D eigenvalue weighted by Gasteiger charge is 2.12. The molecule has 110 valence electrons. The van der Waals surface area contributed by atoms with E-state index < -0.39 is 0 Å². The molecule has 0 unspecified atom stereocenters. The third-order valence-electron chi connectivity index (χ3n) is 2.83. The molecule has 5 heteroatoms. The van der Waals surface area contributed by atoms with Crippen LogP contribution in [0.4, 0.5) is 5.69 Å². The Kier molecular flexibility index (Phi) is 7.35. The van der Waals surface area contributed by atoms with Crippen LogP contribution in [-0.4, -0.2) is 43.5 Å². The molecule has 0 aliphatic carbocycles. The first-order valence-corrected chi connectivity index (χ1v) is 6.79. The predicted octanol–water partition coefficient (Wildman–Crippen LogP) is 1.90. The standard InChI is InChI=1S/C15H22N2O3/c1-3-10-17(12-15(19)20-2)11-9-14(18)16-13-7-5-4-6-8-13/h4-8H,3,9-12H2,1-2H3,(H,16,18). The average Bonchev–Trinajstić information content (AvgIpc) is 2.46. The van der Waals surface area contributed by atoms with Crippen molar-refractivity contribution in [1.29, 1.82) is 0 Å². The summed E-state index contributed by atoms with van der Waals surface area (Å²) in [6.07, 6.45) is 1.28. The normalized spacial score (nSPS) is 10.3. The van der Waals surface area contributed by atoms with Gasteiger partial charge in [-0.3, -0.25) is 14.5 Å². The van der Waals surface area contributed by atoms with Gasteiger partial charge in [0.05, 0.1) is 13.7 Å². The number of methoxy groups -OCH3 is 1. The van der Waals surface area contributed by atoms with Gasteiger partial charge in [0.2, 0.25) is 5.91 Å². The number of hydrogen-bond acceptors (Lipinski definition) is 4. The minimum atomic E-state index is -0.276. The van der Waals surface area contributed by atoms with Gasteiger partial charge in [0.1, 0.15) is 0 Å². The van der Waals surface area contributed by atoms with Gasteiger partial charge in [-0.2, -0.15) is 0 Å². The second kappa shape index (κ2) is 9.09. The minimum Gasteiger partial charge on any atom is -0.468 e. The molecule has 0 atom stereocenters. The van der Waals surface area contributed by atoms with Crippen LogP contribution in [0.25, 0.3) is 0 Å². The number of benzene rings is 1. The van der Waals surface area contributed by atoms with Crippen molar-refractivity contribution in [3.8, 4) is 0 Å². The number of ether oxygens (including phenoxy) is 1. The maximum Gasteiger partial charge on any atom is 0.319 e. The van der Waals surface area contributed by atoms with Crippen LogP contribution in [0.3, 0.4) is 0 Å². The lowest BCUT2D eigenvalue weighted by Gasteiger charge is -2.19.